The van der Waals surface area contributed by atoms with Crippen LogP contribution in [-0.4, -0.2) is 169 Å². The zero-order valence-corrected chi connectivity index (χ0v) is 67.2. The van der Waals surface area contributed by atoms with Crippen molar-refractivity contribution in [2.45, 2.75) is 240 Å². The fourth-order valence-electron chi connectivity index (χ4n) is 18.4. The van der Waals surface area contributed by atoms with Crippen molar-refractivity contribution in [2.75, 3.05) is 20.1 Å². The maximum atomic E-state index is 16.4. The zero-order valence-electron chi connectivity index (χ0n) is 65.7. The number of halogens is 2. The van der Waals surface area contributed by atoms with Gasteiger partial charge in [-0.25, -0.2) is 0 Å². The Bertz CT molecular complexity index is 4540. The fraction of sp³-hybridized carbons (Fsp3) is 0.548. The van der Waals surface area contributed by atoms with Gasteiger partial charge in [-0.05, 0) is 176 Å². The number of unbranched alkanes of at least 4 members (excludes halogenated alkanes) is 10. The van der Waals surface area contributed by atoms with Gasteiger partial charge >= 0.3 is 0 Å². The molecule has 31 nitrogen and oxygen atoms in total. The Morgan fingerprint density at radius 1 is 0.641 bits per heavy atom. The summed E-state index contributed by atoms with van der Waals surface area (Å²) in [6, 6.07) is 0.886. The van der Waals surface area contributed by atoms with Crippen molar-refractivity contribution >= 4 is 70.5 Å². The molecule has 632 valence electrons. The summed E-state index contributed by atoms with van der Waals surface area (Å²) in [7, 11) is 1.50. The number of likely N-dealkylation sites (N-methyl/N-ethyl adjacent to an activating group) is 1. The van der Waals surface area contributed by atoms with Gasteiger partial charge < -0.3 is 119 Å². The summed E-state index contributed by atoms with van der Waals surface area (Å²) < 4.78 is 25.7. The third kappa shape index (κ3) is 18.5. The molecule has 117 heavy (non-hydrogen) atoms. The maximum Gasteiger partial charge on any atom is 0.248 e. The molecule has 21 N–H and O–H groups in total. The van der Waals surface area contributed by atoms with E-state index in [1.807, 2.05) is 13.8 Å². The predicted molar refractivity (Wildman–Crippen MR) is 426 cm³/mol. The molecule has 33 heteroatoms. The Balaban J connectivity index is 0.973. The highest BCUT2D eigenvalue weighted by Crippen LogP contribution is 2.57. The van der Waals surface area contributed by atoms with Crippen LogP contribution in [0.3, 0.4) is 0 Å². The molecule has 1 saturated heterocycles. The number of aromatic hydroxyl groups is 1. The zero-order chi connectivity index (χ0) is 83.6. The molecule has 5 aromatic carbocycles. The molecule has 5 aliphatic carbocycles. The van der Waals surface area contributed by atoms with E-state index in [1.165, 1.54) is 106 Å². The number of fused-ring (bicyclic) bond motifs is 12. The van der Waals surface area contributed by atoms with Gasteiger partial charge in [0.05, 0.1) is 22.5 Å². The van der Waals surface area contributed by atoms with Crippen molar-refractivity contribution in [1.82, 2.24) is 47.9 Å². The van der Waals surface area contributed by atoms with E-state index in [2.05, 4.69) is 54.8 Å². The number of nitrogens with two attached hydrogens (primary N) is 2. The number of carbonyl (C=O) groups is 8. The second-order valence-corrected chi connectivity index (χ2v) is 33.9. The number of amides is 8. The number of rotatable bonds is 26. The van der Waals surface area contributed by atoms with E-state index in [-0.39, 0.29) is 108 Å². The number of aliphatic hydroxyl groups excluding tert-OH is 5. The molecule has 6 aliphatic heterocycles. The Kier molecular flexibility index (Phi) is 27.1. The Labute approximate surface area is 687 Å². The standard InChI is InChI=1S/C84H107Cl2N11O20/c1-5-6-7-8-9-10-11-12-13-14-15-22-90-37-49-55(98)34-48-62-47-29-41(16-19-50(47)84(112,113)63(49)62)65-78(107)97-69(82(111)95-67(48)80(109)92-64-44-25-39-24-40(27-44)28-45(64)26-39)71(101)43-18-21-57(52(86)31-43)115-59-33-46-32-58(75(59)117-83-74(104)73(103)72(102)60(36-87)116-83)114-56-20-17-42(30-51(56)85)70(100)68(96-76(105)53(89-4)23-38(2)3)81(110)91-54(35-61(88)99)77(106)93-66(46)79(108)94-65/h16-21,29-34,38-40,44-45,53-54,60,64-74,83,89-90,98,100-104,112-113H,5-15,22-28,35-37,87H2,1-4H3,(H2,88,99)(H,91,110)(H,92,109)(H,93,106)(H,94,108)(H,95,111)(H,96,105)(H,97,107). The minimum absolute atomic E-state index is 0.0129. The number of hydrogen-bond donors (Lipinski definition) is 19. The van der Waals surface area contributed by atoms with Crippen LogP contribution in [-0.2, 0) is 55.4 Å². The summed E-state index contributed by atoms with van der Waals surface area (Å²) in [6.07, 6.45) is 2.45. The van der Waals surface area contributed by atoms with E-state index in [0.29, 0.717) is 18.4 Å². The van der Waals surface area contributed by atoms with Crippen LogP contribution in [0.2, 0.25) is 10.0 Å². The Hall–Kier alpha value is -8.80. The summed E-state index contributed by atoms with van der Waals surface area (Å²) in [5.41, 5.74) is 10.3. The van der Waals surface area contributed by atoms with Gasteiger partial charge in [0.2, 0.25) is 65.1 Å². The second kappa shape index (κ2) is 36.8. The normalized spacial score (nSPS) is 28.5. The first-order valence-electron chi connectivity index (χ1n) is 40.8. The third-order valence-corrected chi connectivity index (χ3v) is 24.9. The van der Waals surface area contributed by atoms with Gasteiger partial charge in [0, 0.05) is 35.8 Å². The second-order valence-electron chi connectivity index (χ2n) is 33.1. The molecular formula is C84H107Cl2N11O20. The van der Waals surface area contributed by atoms with E-state index < -0.39 is 180 Å². The number of aliphatic hydroxyl groups is 7. The first-order chi connectivity index (χ1) is 55.9. The average molecular weight is 1660 g/mol. The average Bonchev–Trinajstić information content (AvgIpc) is 1.55. The SMILES string of the molecule is CCCCCCCCCCCCCNCc1c(O)cc2c3c1C(O)(O)c1ccc(cc1-3)C1NC(=O)C3NC(=O)C(CC(N)=O)NC(=O)C(NC(=O)C(CC(C)C)NC)C(O)c4ccc(c(Cl)c4)Oc4cc3cc(c4OC3OC(CN)C(O)C(O)C3O)Oc3ccc(cc3Cl)C(O)C(NC1=O)C(=O)NC2C(=O)NC1C2CC3CC(C2)CC1C3. The van der Waals surface area contributed by atoms with E-state index in [0.717, 1.165) is 76.3 Å². The van der Waals surface area contributed by atoms with Gasteiger partial charge in [-0.3, -0.25) is 38.4 Å². The third-order valence-electron chi connectivity index (χ3n) is 24.3. The summed E-state index contributed by atoms with van der Waals surface area (Å²) in [5.74, 6) is -13.9. The highest BCUT2D eigenvalue weighted by molar-refractivity contribution is 6.32. The predicted octanol–water partition coefficient (Wildman–Crippen LogP) is 5.18. The molecule has 0 aromatic heterocycles. The first-order valence-corrected chi connectivity index (χ1v) is 41.5. The lowest BCUT2D eigenvalue weighted by molar-refractivity contribution is -0.270. The highest BCUT2D eigenvalue weighted by Gasteiger charge is 2.53. The topological polar surface area (TPSA) is 496 Å². The number of phenols is 1. The molecule has 14 atom stereocenters. The largest absolute Gasteiger partial charge is 0.508 e. The van der Waals surface area contributed by atoms with E-state index in [9.17, 15) is 50.4 Å². The van der Waals surface area contributed by atoms with Crippen molar-refractivity contribution in [2.24, 2.45) is 41.1 Å². The van der Waals surface area contributed by atoms with Crippen LogP contribution in [0.5, 0.6) is 34.5 Å². The van der Waals surface area contributed by atoms with Crippen LogP contribution >= 0.6 is 23.2 Å². The maximum absolute atomic E-state index is 16.4. The number of benzene rings is 5. The minimum Gasteiger partial charge on any atom is -0.508 e. The number of nitrogens with one attached hydrogen (secondary N) is 9. The van der Waals surface area contributed by atoms with Crippen LogP contribution in [0.1, 0.15) is 211 Å². The molecule has 4 saturated carbocycles. The van der Waals surface area contributed by atoms with Gasteiger partial charge in [0.25, 0.3) is 0 Å². The Morgan fingerprint density at radius 2 is 1.22 bits per heavy atom. The smallest absolute Gasteiger partial charge is 0.248 e. The van der Waals surface area contributed by atoms with E-state index in [1.54, 1.807) is 0 Å². The van der Waals surface area contributed by atoms with Gasteiger partial charge in [0.1, 0.15) is 90.1 Å². The van der Waals surface area contributed by atoms with Gasteiger partial charge in [0.15, 0.2) is 11.5 Å². The highest BCUT2D eigenvalue weighted by atomic mass is 35.5. The lowest BCUT2D eigenvalue weighted by atomic mass is 9.54. The number of phenolic OH excluding ortho intramolecular Hbond substituents is 1. The molecule has 14 unspecified atom stereocenters. The summed E-state index contributed by atoms with van der Waals surface area (Å²) in [6.45, 7) is 5.76. The molecule has 5 aromatic rings. The van der Waals surface area contributed by atoms with Crippen molar-refractivity contribution in [3.8, 4) is 45.6 Å². The number of carbonyl (C=O) groups excluding carboxylic acids is 8. The van der Waals surface area contributed by atoms with Gasteiger partial charge in [-0.15, -0.1) is 0 Å². The van der Waals surface area contributed by atoms with Gasteiger partial charge in [-0.2, -0.15) is 0 Å². The number of primary amides is 1. The van der Waals surface area contributed by atoms with Crippen molar-refractivity contribution in [3.63, 3.8) is 0 Å². The molecule has 0 radical (unpaired) electrons. The summed E-state index contributed by atoms with van der Waals surface area (Å²) >= 11 is 14.3. The van der Waals surface area contributed by atoms with Crippen LogP contribution in [0, 0.1) is 29.6 Å². The van der Waals surface area contributed by atoms with Crippen LogP contribution < -0.4 is 73.5 Å². The fourth-order valence-corrected chi connectivity index (χ4v) is 18.9. The van der Waals surface area contributed by atoms with Crippen molar-refractivity contribution in [3.05, 3.63) is 127 Å². The van der Waals surface area contributed by atoms with Crippen LogP contribution in [0.4, 0.5) is 0 Å². The Morgan fingerprint density at radius 3 is 1.81 bits per heavy atom. The molecule has 11 aliphatic rings. The molecule has 15 bridgehead atoms. The lowest BCUT2D eigenvalue weighted by Crippen LogP contribution is -2.60. The van der Waals surface area contributed by atoms with E-state index >= 15 is 28.8 Å². The van der Waals surface area contributed by atoms with Crippen molar-refractivity contribution < 1.29 is 98.2 Å². The van der Waals surface area contributed by atoms with E-state index in [4.69, 9.17) is 53.6 Å². The summed E-state index contributed by atoms with van der Waals surface area (Å²) in [5, 5.41) is 122. The monoisotopic (exact) mass is 1660 g/mol. The molecule has 8 amide bonds. The molecule has 5 fully saturated rings. The minimum atomic E-state index is -3.00. The first kappa shape index (κ1) is 86.1. The van der Waals surface area contributed by atoms with Crippen molar-refractivity contribution in [1.29, 1.82) is 0 Å². The van der Waals surface area contributed by atoms with Crippen LogP contribution in [0.25, 0.3) is 11.1 Å². The molecule has 0 spiro atoms. The van der Waals surface area contributed by atoms with Gasteiger partial charge in [-0.1, -0.05) is 132 Å². The number of ether oxygens (including phenoxy) is 4. The molecular weight excluding hydrogens is 1550 g/mol. The van der Waals surface area contributed by atoms with Crippen LogP contribution in [0.15, 0.2) is 72.8 Å². The molecule has 16 rings (SSSR count). The lowest BCUT2D eigenvalue weighted by Gasteiger charge is -2.54. The molecule has 6 heterocycles. The quantitative estimate of drug-likeness (QED) is 0.0250. The summed E-state index contributed by atoms with van der Waals surface area (Å²) in [4.78, 5) is 122. The number of hydrogen-bond acceptors (Lipinski definition) is 23.